The van der Waals surface area contributed by atoms with Crippen LogP contribution < -0.4 is 0 Å². The average molecular weight is 395 g/mol. The molecule has 2 heterocycles. The van der Waals surface area contributed by atoms with Gasteiger partial charge < -0.3 is 4.90 Å². The molecule has 2 aliphatic heterocycles. The molecule has 142 valence electrons. The molecule has 2 saturated heterocycles. The van der Waals surface area contributed by atoms with E-state index in [1.165, 1.54) is 6.07 Å². The van der Waals surface area contributed by atoms with E-state index in [2.05, 4.69) is 0 Å². The van der Waals surface area contributed by atoms with Crippen LogP contribution in [0.15, 0.2) is 42.5 Å². The van der Waals surface area contributed by atoms with E-state index < -0.39 is 9.84 Å². The van der Waals surface area contributed by atoms with Gasteiger partial charge in [-0.15, -0.1) is 0 Å². The first-order chi connectivity index (χ1) is 13.3. The van der Waals surface area contributed by atoms with Crippen molar-refractivity contribution in [1.29, 1.82) is 0 Å². The molecule has 0 saturated carbocycles. The predicted molar refractivity (Wildman–Crippen MR) is 101 cm³/mol. The van der Waals surface area contributed by atoms with Crippen LogP contribution in [0.5, 0.6) is 0 Å². The first-order valence-electron chi connectivity index (χ1n) is 9.16. The molecule has 0 N–H and O–H groups in total. The van der Waals surface area contributed by atoms with Gasteiger partial charge in [0.25, 0.3) is 5.91 Å². The zero-order chi connectivity index (χ0) is 19.6. The molecule has 3 aliphatic rings. The van der Waals surface area contributed by atoms with Crippen LogP contribution in [0, 0.1) is 11.8 Å². The number of carbonyl (C=O) groups is 3. The summed E-state index contributed by atoms with van der Waals surface area (Å²) < 4.78 is 23.5. The molecule has 0 aromatic heterocycles. The van der Waals surface area contributed by atoms with Crippen molar-refractivity contribution >= 4 is 27.3 Å². The van der Waals surface area contributed by atoms with E-state index in [0.717, 1.165) is 0 Å². The van der Waals surface area contributed by atoms with Crippen molar-refractivity contribution < 1.29 is 22.8 Å². The lowest BCUT2D eigenvalue weighted by Crippen LogP contribution is -2.31. The van der Waals surface area contributed by atoms with Gasteiger partial charge in [0.1, 0.15) is 0 Å². The molecule has 2 aromatic rings. The predicted octanol–water partition coefficient (Wildman–Crippen LogP) is 1.58. The number of hydrogen-bond donors (Lipinski definition) is 0. The van der Waals surface area contributed by atoms with Crippen molar-refractivity contribution in [2.45, 2.75) is 0 Å². The van der Waals surface area contributed by atoms with Crippen molar-refractivity contribution in [3.8, 4) is 0 Å². The Morgan fingerprint density at radius 1 is 0.821 bits per heavy atom. The second-order valence-corrected chi connectivity index (χ2v) is 9.93. The summed E-state index contributed by atoms with van der Waals surface area (Å²) in [6.45, 7) is 0.824. The fraction of sp³-hybridized carbons (Fsp3) is 0.286. The van der Waals surface area contributed by atoms with E-state index in [1.54, 1.807) is 41.3 Å². The fourth-order valence-electron chi connectivity index (χ4n) is 4.62. The summed E-state index contributed by atoms with van der Waals surface area (Å²) >= 11 is 0. The Hall–Kier alpha value is -2.80. The molecule has 2 fully saturated rings. The summed E-state index contributed by atoms with van der Waals surface area (Å²) in [7, 11) is -2.99. The van der Waals surface area contributed by atoms with Crippen LogP contribution in [0.4, 0.5) is 0 Å². The third kappa shape index (κ3) is 2.53. The van der Waals surface area contributed by atoms with E-state index >= 15 is 0 Å². The standard InChI is InChI=1S/C21H17NO5S/c23-19-15-3-1-2-4-16(15)20(24)18-7-12(5-6-17(18)19)21(25)22-8-13-10-28(26,27)11-14(13)9-22/h1-7,13-14H,8-11H2. The number of hydrogen-bond acceptors (Lipinski definition) is 5. The minimum absolute atomic E-state index is 0.0123. The Morgan fingerprint density at radius 2 is 1.36 bits per heavy atom. The highest BCUT2D eigenvalue weighted by molar-refractivity contribution is 7.91. The number of likely N-dealkylation sites (tertiary alicyclic amines) is 1. The summed E-state index contributed by atoms with van der Waals surface area (Å²) in [5.41, 5.74) is 1.64. The number of benzene rings is 2. The quantitative estimate of drug-likeness (QED) is 0.624. The number of rotatable bonds is 1. The van der Waals surface area contributed by atoms with Gasteiger partial charge in [0, 0.05) is 40.9 Å². The molecule has 0 radical (unpaired) electrons. The molecule has 6 nitrogen and oxygen atoms in total. The monoisotopic (exact) mass is 395 g/mol. The Bertz CT molecular complexity index is 1150. The second-order valence-electron chi connectivity index (χ2n) is 7.77. The van der Waals surface area contributed by atoms with E-state index in [-0.39, 0.29) is 46.4 Å². The Labute approximate surface area is 162 Å². The summed E-state index contributed by atoms with van der Waals surface area (Å²) in [4.78, 5) is 40.1. The lowest BCUT2D eigenvalue weighted by Gasteiger charge is -2.20. The van der Waals surface area contributed by atoms with Crippen LogP contribution in [-0.2, 0) is 9.84 Å². The van der Waals surface area contributed by atoms with Crippen LogP contribution in [0.2, 0.25) is 0 Å². The summed E-state index contributed by atoms with van der Waals surface area (Å²) in [5.74, 6) is -0.462. The van der Waals surface area contributed by atoms with Gasteiger partial charge in [-0.25, -0.2) is 8.42 Å². The number of amides is 1. The summed E-state index contributed by atoms with van der Waals surface area (Å²) in [6.07, 6.45) is 0. The molecule has 2 unspecified atom stereocenters. The van der Waals surface area contributed by atoms with E-state index in [4.69, 9.17) is 0 Å². The first-order valence-corrected chi connectivity index (χ1v) is 11.0. The van der Waals surface area contributed by atoms with Gasteiger partial charge in [-0.3, -0.25) is 14.4 Å². The molecular formula is C21H17NO5S. The van der Waals surface area contributed by atoms with Crippen molar-refractivity contribution in [1.82, 2.24) is 4.90 Å². The van der Waals surface area contributed by atoms with Crippen molar-refractivity contribution in [3.63, 3.8) is 0 Å². The van der Waals surface area contributed by atoms with Gasteiger partial charge in [-0.2, -0.15) is 0 Å². The zero-order valence-electron chi connectivity index (χ0n) is 14.9. The van der Waals surface area contributed by atoms with Gasteiger partial charge in [-0.1, -0.05) is 24.3 Å². The van der Waals surface area contributed by atoms with Gasteiger partial charge in [-0.05, 0) is 30.0 Å². The topological polar surface area (TPSA) is 88.6 Å². The highest BCUT2D eigenvalue weighted by Gasteiger charge is 2.45. The van der Waals surface area contributed by atoms with Crippen LogP contribution in [-0.4, -0.2) is 55.4 Å². The Kier molecular flexibility index (Phi) is 3.61. The van der Waals surface area contributed by atoms with Crippen molar-refractivity contribution in [2.75, 3.05) is 24.6 Å². The van der Waals surface area contributed by atoms with Crippen molar-refractivity contribution in [2.24, 2.45) is 11.8 Å². The number of carbonyl (C=O) groups excluding carboxylic acids is 3. The van der Waals surface area contributed by atoms with Crippen LogP contribution in [0.3, 0.4) is 0 Å². The third-order valence-electron chi connectivity index (χ3n) is 5.97. The van der Waals surface area contributed by atoms with Crippen LogP contribution >= 0.6 is 0 Å². The lowest BCUT2D eigenvalue weighted by molar-refractivity contribution is 0.0784. The van der Waals surface area contributed by atoms with Gasteiger partial charge in [0.2, 0.25) is 0 Å². The maximum Gasteiger partial charge on any atom is 0.253 e. The van der Waals surface area contributed by atoms with E-state index in [1.807, 2.05) is 0 Å². The highest BCUT2D eigenvalue weighted by Crippen LogP contribution is 2.34. The van der Waals surface area contributed by atoms with Gasteiger partial charge in [0.15, 0.2) is 21.4 Å². The number of ketones is 2. The molecule has 2 atom stereocenters. The maximum absolute atomic E-state index is 12.9. The van der Waals surface area contributed by atoms with E-state index in [0.29, 0.717) is 35.3 Å². The average Bonchev–Trinajstić information content (AvgIpc) is 3.18. The minimum Gasteiger partial charge on any atom is -0.338 e. The summed E-state index contributed by atoms with van der Waals surface area (Å²) in [5, 5.41) is 0. The smallest absolute Gasteiger partial charge is 0.253 e. The Balaban J connectivity index is 1.45. The molecule has 1 amide bonds. The first kappa shape index (κ1) is 17.3. The molecular weight excluding hydrogens is 378 g/mol. The molecule has 2 aromatic carbocycles. The highest BCUT2D eigenvalue weighted by atomic mass is 32.2. The zero-order valence-corrected chi connectivity index (χ0v) is 15.7. The number of sulfone groups is 1. The fourth-order valence-corrected chi connectivity index (χ4v) is 6.81. The number of fused-ring (bicyclic) bond motifs is 3. The largest absolute Gasteiger partial charge is 0.338 e. The number of nitrogens with zero attached hydrogens (tertiary/aromatic N) is 1. The summed E-state index contributed by atoms with van der Waals surface area (Å²) in [6, 6.07) is 11.3. The molecule has 0 bridgehead atoms. The SMILES string of the molecule is O=C1c2ccccc2C(=O)c2cc(C(=O)N3CC4CS(=O)(=O)CC4C3)ccc21. The normalized spacial score (nSPS) is 24.6. The van der Waals surface area contributed by atoms with E-state index in [9.17, 15) is 22.8 Å². The Morgan fingerprint density at radius 3 is 1.96 bits per heavy atom. The molecule has 7 heteroatoms. The maximum atomic E-state index is 12.9. The van der Waals surface area contributed by atoms with Gasteiger partial charge >= 0.3 is 0 Å². The molecule has 28 heavy (non-hydrogen) atoms. The molecule has 1 aliphatic carbocycles. The van der Waals surface area contributed by atoms with Gasteiger partial charge in [0.05, 0.1) is 11.5 Å². The second kappa shape index (κ2) is 5.85. The van der Waals surface area contributed by atoms with Crippen LogP contribution in [0.1, 0.15) is 42.2 Å². The third-order valence-corrected chi connectivity index (χ3v) is 7.84. The lowest BCUT2D eigenvalue weighted by atomic mass is 9.83. The molecule has 5 rings (SSSR count). The minimum atomic E-state index is -2.99. The van der Waals surface area contributed by atoms with Crippen LogP contribution in [0.25, 0.3) is 0 Å². The van der Waals surface area contributed by atoms with Crippen molar-refractivity contribution in [3.05, 3.63) is 70.3 Å². The molecule has 0 spiro atoms.